The first kappa shape index (κ1) is 26.6. The minimum atomic E-state index is -0.588. The lowest BCUT2D eigenvalue weighted by Gasteiger charge is -2.04. The van der Waals surface area contributed by atoms with Crippen LogP contribution in [0, 0.1) is 10.8 Å². The highest BCUT2D eigenvalue weighted by Crippen LogP contribution is 2.15. The summed E-state index contributed by atoms with van der Waals surface area (Å²) in [6.45, 7) is 0.422. The molecule has 0 atom stereocenters. The Kier molecular flexibility index (Phi) is 9.14. The van der Waals surface area contributed by atoms with E-state index in [9.17, 15) is 19.2 Å². The van der Waals surface area contributed by atoms with E-state index in [1.807, 2.05) is 0 Å². The maximum absolute atomic E-state index is 12.3. The lowest BCUT2D eigenvalue weighted by Crippen LogP contribution is -2.28. The molecule has 188 valence electrons. The number of hydrogen-bond acceptors (Lipinski definition) is 6. The van der Waals surface area contributed by atoms with Gasteiger partial charge in [-0.15, -0.1) is 0 Å². The van der Waals surface area contributed by atoms with Gasteiger partial charge in [0, 0.05) is 52.4 Å². The van der Waals surface area contributed by atoms with E-state index in [2.05, 4.69) is 21.3 Å². The summed E-state index contributed by atoms with van der Waals surface area (Å²) < 4.78 is 3.04. The number of hydrogen-bond donors (Lipinski definition) is 8. The van der Waals surface area contributed by atoms with Crippen LogP contribution in [-0.4, -0.2) is 57.5 Å². The number of aromatic nitrogens is 2. The zero-order chi connectivity index (χ0) is 26.1. The molecule has 0 aliphatic heterocycles. The first-order valence-corrected chi connectivity index (χ1v) is 10.6. The highest BCUT2D eigenvalue weighted by molar-refractivity contribution is 6.08. The second-order valence-corrected chi connectivity index (χ2v) is 7.79. The van der Waals surface area contributed by atoms with Gasteiger partial charge in [0.15, 0.2) is 0 Å². The zero-order valence-electron chi connectivity index (χ0n) is 19.5. The number of amidine groups is 2. The van der Waals surface area contributed by atoms with Crippen LogP contribution in [0.3, 0.4) is 0 Å². The zero-order valence-corrected chi connectivity index (χ0v) is 19.5. The van der Waals surface area contributed by atoms with Crippen LogP contribution in [0.25, 0.3) is 0 Å². The lowest BCUT2D eigenvalue weighted by atomic mass is 10.3. The summed E-state index contributed by atoms with van der Waals surface area (Å²) in [5, 5.41) is 24.7. The molecule has 35 heavy (non-hydrogen) atoms. The summed E-state index contributed by atoms with van der Waals surface area (Å²) in [7, 11) is 3.26. The molecule has 0 saturated carbocycles. The fourth-order valence-corrected chi connectivity index (χ4v) is 3.08. The Labute approximate surface area is 201 Å². The molecule has 0 bridgehead atoms. The second kappa shape index (κ2) is 12.0. The van der Waals surface area contributed by atoms with E-state index in [-0.39, 0.29) is 49.0 Å². The van der Waals surface area contributed by atoms with Crippen molar-refractivity contribution in [2.45, 2.75) is 19.3 Å². The monoisotopic (exact) mass is 486 g/mol. The maximum atomic E-state index is 12.3. The highest BCUT2D eigenvalue weighted by atomic mass is 16.2. The number of rotatable bonds is 12. The van der Waals surface area contributed by atoms with E-state index in [1.165, 1.54) is 33.7 Å². The van der Waals surface area contributed by atoms with Gasteiger partial charge in [0.25, 0.3) is 11.8 Å². The van der Waals surface area contributed by atoms with Gasteiger partial charge < -0.3 is 41.9 Å². The smallest absolute Gasteiger partial charge is 0.267 e. The normalized spacial score (nSPS) is 10.3. The standard InChI is InChI=1S/C21H30N10O4/c1-30-10-12(7-14(30)20(34)26-5-3-16(22)23)28-18(32)9-19(33)29-13-8-15(31(2)11-13)21(35)27-6-4-17(24)25/h7-8,10-11H,3-6,9H2,1-2H3,(H3,22,23)(H3,24,25)(H,26,34)(H,27,35)(H,28,32)(H,29,33). The van der Waals surface area contributed by atoms with Crippen molar-refractivity contribution in [1.82, 2.24) is 19.8 Å². The number of carbonyl (C=O) groups is 4. The lowest BCUT2D eigenvalue weighted by molar-refractivity contribution is -0.123. The Balaban J connectivity index is 1.88. The molecule has 0 aliphatic carbocycles. The van der Waals surface area contributed by atoms with E-state index in [1.54, 1.807) is 14.1 Å². The van der Waals surface area contributed by atoms with Crippen molar-refractivity contribution in [2.24, 2.45) is 25.6 Å². The van der Waals surface area contributed by atoms with Crippen LogP contribution in [0.5, 0.6) is 0 Å². The van der Waals surface area contributed by atoms with Crippen molar-refractivity contribution in [1.29, 1.82) is 10.8 Å². The Bertz CT molecular complexity index is 1060. The van der Waals surface area contributed by atoms with Crippen molar-refractivity contribution in [3.8, 4) is 0 Å². The van der Waals surface area contributed by atoms with Crippen molar-refractivity contribution in [3.63, 3.8) is 0 Å². The molecule has 0 saturated heterocycles. The Morgan fingerprint density at radius 3 is 1.49 bits per heavy atom. The summed E-state index contributed by atoms with van der Waals surface area (Å²) >= 11 is 0. The minimum absolute atomic E-state index is 0.0388. The maximum Gasteiger partial charge on any atom is 0.267 e. The molecule has 0 spiro atoms. The fraction of sp³-hybridized carbons (Fsp3) is 0.333. The first-order valence-electron chi connectivity index (χ1n) is 10.6. The van der Waals surface area contributed by atoms with Crippen LogP contribution in [-0.2, 0) is 23.7 Å². The molecule has 0 unspecified atom stereocenters. The van der Waals surface area contributed by atoms with Gasteiger partial charge in [0.2, 0.25) is 11.8 Å². The third kappa shape index (κ3) is 8.34. The van der Waals surface area contributed by atoms with Crippen LogP contribution in [0.4, 0.5) is 11.4 Å². The van der Waals surface area contributed by atoms with E-state index in [4.69, 9.17) is 22.3 Å². The number of nitrogens with zero attached hydrogens (tertiary/aromatic N) is 2. The van der Waals surface area contributed by atoms with Crippen LogP contribution in [0.1, 0.15) is 40.2 Å². The van der Waals surface area contributed by atoms with Crippen molar-refractivity contribution >= 4 is 46.7 Å². The van der Waals surface area contributed by atoms with Gasteiger partial charge in [-0.2, -0.15) is 0 Å². The van der Waals surface area contributed by atoms with Gasteiger partial charge in [-0.05, 0) is 12.1 Å². The van der Waals surface area contributed by atoms with Crippen molar-refractivity contribution in [2.75, 3.05) is 23.7 Å². The highest BCUT2D eigenvalue weighted by Gasteiger charge is 2.17. The number of aryl methyl sites for hydroxylation is 2. The topological polar surface area (TPSA) is 226 Å². The van der Waals surface area contributed by atoms with E-state index in [0.29, 0.717) is 11.4 Å². The molecule has 0 aliphatic rings. The van der Waals surface area contributed by atoms with Gasteiger partial charge in [-0.25, -0.2) is 0 Å². The Morgan fingerprint density at radius 1 is 0.771 bits per heavy atom. The van der Waals surface area contributed by atoms with Gasteiger partial charge in [0.05, 0.1) is 23.0 Å². The molecule has 0 radical (unpaired) electrons. The van der Waals surface area contributed by atoms with Crippen LogP contribution >= 0.6 is 0 Å². The van der Waals surface area contributed by atoms with Crippen LogP contribution in [0.2, 0.25) is 0 Å². The largest absolute Gasteiger partial charge is 0.388 e. The van der Waals surface area contributed by atoms with E-state index in [0.717, 1.165) is 0 Å². The van der Waals surface area contributed by atoms with Gasteiger partial charge in [-0.1, -0.05) is 0 Å². The molecule has 0 aromatic carbocycles. The third-order valence-electron chi connectivity index (χ3n) is 4.72. The minimum Gasteiger partial charge on any atom is -0.388 e. The summed E-state index contributed by atoms with van der Waals surface area (Å²) in [6.07, 6.45) is 3.03. The molecule has 0 fully saturated rings. The van der Waals surface area contributed by atoms with Crippen LogP contribution < -0.4 is 32.7 Å². The van der Waals surface area contributed by atoms with Gasteiger partial charge >= 0.3 is 0 Å². The van der Waals surface area contributed by atoms with E-state index < -0.39 is 30.0 Å². The van der Waals surface area contributed by atoms with Gasteiger partial charge in [0.1, 0.15) is 17.8 Å². The molecule has 2 heterocycles. The number of nitrogens with one attached hydrogen (secondary N) is 6. The van der Waals surface area contributed by atoms with Gasteiger partial charge in [-0.3, -0.25) is 30.0 Å². The molecule has 2 aromatic rings. The number of nitrogens with two attached hydrogens (primary N) is 2. The summed E-state index contributed by atoms with van der Waals surface area (Å²) in [5.74, 6) is -2.04. The number of anilines is 2. The molecular formula is C21H30N10O4. The average Bonchev–Trinajstić information content (AvgIpc) is 3.28. The van der Waals surface area contributed by atoms with E-state index >= 15 is 0 Å². The predicted molar refractivity (Wildman–Crippen MR) is 130 cm³/mol. The molecule has 2 rings (SSSR count). The number of amides is 4. The van der Waals surface area contributed by atoms with Crippen molar-refractivity contribution in [3.05, 3.63) is 35.9 Å². The second-order valence-electron chi connectivity index (χ2n) is 7.79. The summed E-state index contributed by atoms with van der Waals surface area (Å²) in [4.78, 5) is 49.0. The Morgan fingerprint density at radius 2 is 1.14 bits per heavy atom. The average molecular weight is 487 g/mol. The Hall–Kier alpha value is -4.62. The predicted octanol–water partition coefficient (Wildman–Crippen LogP) is -0.557. The summed E-state index contributed by atoms with van der Waals surface area (Å²) in [5.41, 5.74) is 11.8. The fourth-order valence-electron chi connectivity index (χ4n) is 3.08. The third-order valence-corrected chi connectivity index (χ3v) is 4.72. The molecule has 14 heteroatoms. The number of carbonyl (C=O) groups excluding carboxylic acids is 4. The SMILES string of the molecule is Cn1cc(NC(=O)CC(=O)Nc2cc(C(=O)NCCC(=N)N)n(C)c2)cc1C(=O)NCCC(=N)N. The molecule has 4 amide bonds. The molecule has 2 aromatic heterocycles. The molecule has 14 nitrogen and oxygen atoms in total. The molecule has 10 N–H and O–H groups in total. The van der Waals surface area contributed by atoms with Crippen LogP contribution in [0.15, 0.2) is 24.5 Å². The summed E-state index contributed by atoms with van der Waals surface area (Å²) in [6, 6.07) is 2.93. The quantitative estimate of drug-likeness (QED) is 0.111. The first-order chi connectivity index (χ1) is 16.5. The molecular weight excluding hydrogens is 456 g/mol. The van der Waals surface area contributed by atoms with Crippen molar-refractivity contribution < 1.29 is 19.2 Å².